The average molecular weight is 318 g/mol. The Morgan fingerprint density at radius 1 is 1.30 bits per heavy atom. The van der Waals surface area contributed by atoms with E-state index in [0.29, 0.717) is 17.1 Å². The van der Waals surface area contributed by atoms with Crippen LogP contribution in [-0.4, -0.2) is 47.2 Å². The number of hydrogen-bond donors (Lipinski definition) is 1. The van der Waals surface area contributed by atoms with Crippen LogP contribution in [0.3, 0.4) is 0 Å². The number of benzene rings is 1. The van der Waals surface area contributed by atoms with Crippen LogP contribution >= 0.6 is 23.2 Å². The summed E-state index contributed by atoms with van der Waals surface area (Å²) in [5.41, 5.74) is 0.373. The molecule has 108 valence electrons. The first-order valence-electron chi connectivity index (χ1n) is 6.01. The Morgan fingerprint density at radius 2 is 2.00 bits per heavy atom. The Bertz CT molecular complexity index is 549. The summed E-state index contributed by atoms with van der Waals surface area (Å²) >= 11 is 11.7. The van der Waals surface area contributed by atoms with Crippen LogP contribution in [0, 0.1) is 0 Å². The molecule has 0 aliphatic carbocycles. The Labute approximate surface area is 126 Å². The minimum absolute atomic E-state index is 0.0127. The minimum Gasteiger partial charge on any atom is -0.479 e. The summed E-state index contributed by atoms with van der Waals surface area (Å²) in [6.45, 7) is 2.08. The molecule has 20 heavy (non-hydrogen) atoms. The summed E-state index contributed by atoms with van der Waals surface area (Å²) in [7, 11) is 0. The summed E-state index contributed by atoms with van der Waals surface area (Å²) in [6.07, 6.45) is -1.35. The van der Waals surface area contributed by atoms with Crippen LogP contribution in [-0.2, 0) is 9.53 Å². The van der Waals surface area contributed by atoms with E-state index in [1.165, 1.54) is 17.0 Å². The van der Waals surface area contributed by atoms with Gasteiger partial charge in [-0.25, -0.2) is 4.79 Å². The topological polar surface area (TPSA) is 66.8 Å². The predicted octanol–water partition coefficient (Wildman–Crippen LogP) is 2.31. The number of morpholine rings is 1. The van der Waals surface area contributed by atoms with Crippen molar-refractivity contribution in [3.63, 3.8) is 0 Å². The monoisotopic (exact) mass is 317 g/mol. The summed E-state index contributed by atoms with van der Waals surface area (Å²) in [6, 6.07) is 4.57. The SMILES string of the molecule is C[C@@H]1CN(C(=O)c2ccc(Cl)c(Cl)c2)CC(C(=O)O)O1. The largest absolute Gasteiger partial charge is 0.479 e. The molecule has 1 unspecified atom stereocenters. The molecular formula is C13H13Cl2NO4. The third kappa shape index (κ3) is 3.23. The zero-order valence-corrected chi connectivity index (χ0v) is 12.2. The van der Waals surface area contributed by atoms with Crippen molar-refractivity contribution < 1.29 is 19.4 Å². The highest BCUT2D eigenvalue weighted by molar-refractivity contribution is 6.42. The molecule has 2 atom stereocenters. The number of carbonyl (C=O) groups excluding carboxylic acids is 1. The molecule has 1 heterocycles. The van der Waals surface area contributed by atoms with Gasteiger partial charge in [-0.15, -0.1) is 0 Å². The molecule has 7 heteroatoms. The second kappa shape index (κ2) is 5.99. The molecule has 0 spiro atoms. The fourth-order valence-corrected chi connectivity index (χ4v) is 2.36. The quantitative estimate of drug-likeness (QED) is 0.909. The van der Waals surface area contributed by atoms with Crippen LogP contribution in [0.5, 0.6) is 0 Å². The van der Waals surface area contributed by atoms with Crippen LogP contribution < -0.4 is 0 Å². The first kappa shape index (κ1) is 15.1. The van der Waals surface area contributed by atoms with Crippen LogP contribution in [0.4, 0.5) is 0 Å². The molecule has 0 saturated carbocycles. The van der Waals surface area contributed by atoms with E-state index >= 15 is 0 Å². The lowest BCUT2D eigenvalue weighted by Gasteiger charge is -2.35. The van der Waals surface area contributed by atoms with Gasteiger partial charge >= 0.3 is 5.97 Å². The van der Waals surface area contributed by atoms with Crippen LogP contribution in [0.1, 0.15) is 17.3 Å². The summed E-state index contributed by atoms with van der Waals surface area (Å²) < 4.78 is 5.27. The molecule has 1 aromatic rings. The van der Waals surface area contributed by atoms with Gasteiger partial charge in [0.15, 0.2) is 6.10 Å². The number of ether oxygens (including phenoxy) is 1. The highest BCUT2D eigenvalue weighted by atomic mass is 35.5. The Balaban J connectivity index is 2.19. The molecule has 1 amide bonds. The molecule has 0 bridgehead atoms. The smallest absolute Gasteiger partial charge is 0.334 e. The maximum atomic E-state index is 12.4. The number of carboxylic acids is 1. The van der Waals surface area contributed by atoms with Gasteiger partial charge in [-0.1, -0.05) is 23.2 Å². The van der Waals surface area contributed by atoms with Gasteiger partial charge < -0.3 is 14.7 Å². The molecule has 1 N–H and O–H groups in total. The number of nitrogens with zero attached hydrogens (tertiary/aromatic N) is 1. The van der Waals surface area contributed by atoms with E-state index in [1.54, 1.807) is 13.0 Å². The van der Waals surface area contributed by atoms with Crippen LogP contribution in [0.25, 0.3) is 0 Å². The van der Waals surface area contributed by atoms with E-state index in [0.717, 1.165) is 0 Å². The van der Waals surface area contributed by atoms with E-state index in [4.69, 9.17) is 33.0 Å². The van der Waals surface area contributed by atoms with Crippen molar-refractivity contribution in [2.24, 2.45) is 0 Å². The summed E-state index contributed by atoms with van der Waals surface area (Å²) in [5.74, 6) is -1.37. The number of carbonyl (C=O) groups is 2. The zero-order chi connectivity index (χ0) is 14.9. The standard InChI is InChI=1S/C13H13Cl2NO4/c1-7-5-16(6-11(20-7)13(18)19)12(17)8-2-3-9(14)10(15)4-8/h2-4,7,11H,5-6H2,1H3,(H,18,19)/t7-,11?/m1/s1. The molecule has 0 radical (unpaired) electrons. The molecule has 1 saturated heterocycles. The van der Waals surface area contributed by atoms with Gasteiger partial charge in [0.2, 0.25) is 0 Å². The second-order valence-electron chi connectivity index (χ2n) is 4.61. The van der Waals surface area contributed by atoms with Gasteiger partial charge in [0.05, 0.1) is 22.7 Å². The van der Waals surface area contributed by atoms with Gasteiger partial charge in [-0.3, -0.25) is 4.79 Å². The summed E-state index contributed by atoms with van der Waals surface area (Å²) in [4.78, 5) is 24.8. The van der Waals surface area contributed by atoms with Gasteiger partial charge in [0.25, 0.3) is 5.91 Å². The number of halogens is 2. The Hall–Kier alpha value is -1.30. The van der Waals surface area contributed by atoms with Crippen molar-refractivity contribution in [1.82, 2.24) is 4.90 Å². The third-order valence-corrected chi connectivity index (χ3v) is 3.73. The first-order chi connectivity index (χ1) is 9.38. The fourth-order valence-electron chi connectivity index (χ4n) is 2.07. The molecule has 1 aliphatic rings. The lowest BCUT2D eigenvalue weighted by Crippen LogP contribution is -2.51. The van der Waals surface area contributed by atoms with Gasteiger partial charge in [-0.05, 0) is 25.1 Å². The molecule has 0 aromatic heterocycles. The number of aliphatic carboxylic acids is 1. The zero-order valence-electron chi connectivity index (χ0n) is 10.7. The highest BCUT2D eigenvalue weighted by Crippen LogP contribution is 2.24. The maximum absolute atomic E-state index is 12.4. The average Bonchev–Trinajstić information content (AvgIpc) is 2.40. The van der Waals surface area contributed by atoms with Crippen molar-refractivity contribution in [2.75, 3.05) is 13.1 Å². The number of carboxylic acid groups (broad SMARTS) is 1. The molecule has 1 aliphatic heterocycles. The first-order valence-corrected chi connectivity index (χ1v) is 6.76. The number of rotatable bonds is 2. The van der Waals surface area contributed by atoms with Crippen LogP contribution in [0.15, 0.2) is 18.2 Å². The van der Waals surface area contributed by atoms with E-state index in [-0.39, 0.29) is 23.6 Å². The van der Waals surface area contributed by atoms with Gasteiger partial charge in [0.1, 0.15) is 0 Å². The van der Waals surface area contributed by atoms with E-state index in [1.807, 2.05) is 0 Å². The lowest BCUT2D eigenvalue weighted by atomic mass is 10.1. The van der Waals surface area contributed by atoms with E-state index in [2.05, 4.69) is 0 Å². The highest BCUT2D eigenvalue weighted by Gasteiger charge is 2.33. The molecule has 2 rings (SSSR count). The van der Waals surface area contributed by atoms with Crippen molar-refractivity contribution >= 4 is 35.1 Å². The van der Waals surface area contributed by atoms with Crippen molar-refractivity contribution in [2.45, 2.75) is 19.1 Å². The molecule has 1 fully saturated rings. The van der Waals surface area contributed by atoms with E-state index < -0.39 is 12.1 Å². The molecule has 1 aromatic carbocycles. The van der Waals surface area contributed by atoms with Crippen molar-refractivity contribution in [3.05, 3.63) is 33.8 Å². The fraction of sp³-hybridized carbons (Fsp3) is 0.385. The summed E-state index contributed by atoms with van der Waals surface area (Å²) in [5, 5.41) is 9.65. The Kier molecular flexibility index (Phi) is 4.52. The van der Waals surface area contributed by atoms with Gasteiger partial charge in [-0.2, -0.15) is 0 Å². The van der Waals surface area contributed by atoms with Crippen molar-refractivity contribution in [3.8, 4) is 0 Å². The minimum atomic E-state index is -1.08. The second-order valence-corrected chi connectivity index (χ2v) is 5.43. The third-order valence-electron chi connectivity index (χ3n) is 2.99. The van der Waals surface area contributed by atoms with Crippen LogP contribution in [0.2, 0.25) is 10.0 Å². The van der Waals surface area contributed by atoms with Crippen molar-refractivity contribution in [1.29, 1.82) is 0 Å². The number of amides is 1. The normalized spacial score (nSPS) is 22.6. The Morgan fingerprint density at radius 3 is 2.60 bits per heavy atom. The maximum Gasteiger partial charge on any atom is 0.334 e. The molecule has 5 nitrogen and oxygen atoms in total. The predicted molar refractivity (Wildman–Crippen MR) is 74.3 cm³/mol. The molecular weight excluding hydrogens is 305 g/mol. The van der Waals surface area contributed by atoms with E-state index in [9.17, 15) is 9.59 Å². The number of hydrogen-bond acceptors (Lipinski definition) is 3. The van der Waals surface area contributed by atoms with Gasteiger partial charge in [0, 0.05) is 12.1 Å². The lowest BCUT2D eigenvalue weighted by molar-refractivity contribution is -0.160.